The SMILES string of the molecule is CCOc1cc(C=C2C(=O)ON=C2C)ccc1OC(=O)c1cccs1. The summed E-state index contributed by atoms with van der Waals surface area (Å²) in [6.45, 7) is 3.94. The molecule has 1 aliphatic heterocycles. The highest BCUT2D eigenvalue weighted by Crippen LogP contribution is 2.31. The molecular weight excluding hydrogens is 342 g/mol. The van der Waals surface area contributed by atoms with Crippen molar-refractivity contribution in [2.45, 2.75) is 13.8 Å². The third-order valence-corrected chi connectivity index (χ3v) is 4.23. The van der Waals surface area contributed by atoms with Crippen LogP contribution in [-0.4, -0.2) is 24.3 Å². The fourth-order valence-corrected chi connectivity index (χ4v) is 2.80. The van der Waals surface area contributed by atoms with Crippen LogP contribution < -0.4 is 9.47 Å². The third kappa shape index (κ3) is 3.77. The molecule has 2 heterocycles. The Hall–Kier alpha value is -2.93. The lowest BCUT2D eigenvalue weighted by Gasteiger charge is -2.11. The van der Waals surface area contributed by atoms with Crippen LogP contribution in [0, 0.1) is 0 Å². The lowest BCUT2D eigenvalue weighted by molar-refractivity contribution is -0.136. The van der Waals surface area contributed by atoms with Crippen molar-refractivity contribution in [2.24, 2.45) is 5.16 Å². The highest BCUT2D eigenvalue weighted by Gasteiger charge is 2.22. The molecule has 1 aromatic heterocycles. The van der Waals surface area contributed by atoms with E-state index in [1.807, 2.05) is 6.92 Å². The number of nitrogens with zero attached hydrogens (tertiary/aromatic N) is 1. The molecule has 3 rings (SSSR count). The topological polar surface area (TPSA) is 74.2 Å². The average molecular weight is 357 g/mol. The molecule has 2 aromatic rings. The number of hydrogen-bond acceptors (Lipinski definition) is 7. The average Bonchev–Trinajstić information content (AvgIpc) is 3.23. The maximum Gasteiger partial charge on any atom is 0.367 e. The molecule has 0 bridgehead atoms. The Morgan fingerprint density at radius 2 is 2.16 bits per heavy atom. The predicted octanol–water partition coefficient (Wildman–Crippen LogP) is 3.68. The summed E-state index contributed by atoms with van der Waals surface area (Å²) in [5.41, 5.74) is 1.60. The summed E-state index contributed by atoms with van der Waals surface area (Å²) in [4.78, 5) is 28.9. The predicted molar refractivity (Wildman–Crippen MR) is 94.1 cm³/mol. The Morgan fingerprint density at radius 1 is 1.32 bits per heavy atom. The molecule has 0 aliphatic carbocycles. The zero-order chi connectivity index (χ0) is 17.8. The van der Waals surface area contributed by atoms with E-state index in [0.717, 1.165) is 0 Å². The zero-order valence-electron chi connectivity index (χ0n) is 13.6. The van der Waals surface area contributed by atoms with Crippen molar-refractivity contribution >= 4 is 35.1 Å². The smallest absolute Gasteiger partial charge is 0.367 e. The van der Waals surface area contributed by atoms with Gasteiger partial charge in [-0.05, 0) is 49.1 Å². The van der Waals surface area contributed by atoms with E-state index in [0.29, 0.717) is 39.8 Å². The van der Waals surface area contributed by atoms with Gasteiger partial charge in [0.25, 0.3) is 0 Å². The fraction of sp³-hybridized carbons (Fsp3) is 0.167. The minimum Gasteiger partial charge on any atom is -0.490 e. The van der Waals surface area contributed by atoms with Crippen molar-refractivity contribution in [2.75, 3.05) is 6.61 Å². The molecule has 0 spiro atoms. The number of hydrogen-bond donors (Lipinski definition) is 0. The van der Waals surface area contributed by atoms with Crippen LogP contribution in [0.3, 0.4) is 0 Å². The molecule has 25 heavy (non-hydrogen) atoms. The molecule has 0 saturated heterocycles. The first-order valence-corrected chi connectivity index (χ1v) is 8.47. The van der Waals surface area contributed by atoms with E-state index in [2.05, 4.69) is 9.99 Å². The van der Waals surface area contributed by atoms with E-state index in [1.165, 1.54) is 11.3 Å². The van der Waals surface area contributed by atoms with E-state index >= 15 is 0 Å². The second kappa shape index (κ2) is 7.31. The van der Waals surface area contributed by atoms with E-state index < -0.39 is 11.9 Å². The van der Waals surface area contributed by atoms with Gasteiger partial charge in [-0.3, -0.25) is 0 Å². The van der Waals surface area contributed by atoms with E-state index in [1.54, 1.807) is 48.7 Å². The summed E-state index contributed by atoms with van der Waals surface area (Å²) >= 11 is 1.30. The fourth-order valence-electron chi connectivity index (χ4n) is 2.20. The molecule has 0 radical (unpaired) electrons. The number of thiophene rings is 1. The molecule has 6 nitrogen and oxygen atoms in total. The Kier molecular flexibility index (Phi) is 4.95. The third-order valence-electron chi connectivity index (χ3n) is 3.38. The largest absolute Gasteiger partial charge is 0.490 e. The Labute approximate surface area is 148 Å². The van der Waals surface area contributed by atoms with Crippen LogP contribution in [-0.2, 0) is 9.63 Å². The number of carbonyl (C=O) groups is 2. The van der Waals surface area contributed by atoms with Crippen LogP contribution >= 0.6 is 11.3 Å². The summed E-state index contributed by atoms with van der Waals surface area (Å²) in [6, 6.07) is 8.54. The minimum atomic E-state index is -0.497. The highest BCUT2D eigenvalue weighted by atomic mass is 32.1. The van der Waals surface area contributed by atoms with Gasteiger partial charge in [0.2, 0.25) is 0 Å². The van der Waals surface area contributed by atoms with Gasteiger partial charge in [-0.1, -0.05) is 17.3 Å². The number of ether oxygens (including phenoxy) is 2. The summed E-state index contributed by atoms with van der Waals surface area (Å²) in [7, 11) is 0. The molecule has 128 valence electrons. The summed E-state index contributed by atoms with van der Waals surface area (Å²) < 4.78 is 11.0. The van der Waals surface area contributed by atoms with E-state index in [-0.39, 0.29) is 0 Å². The summed E-state index contributed by atoms with van der Waals surface area (Å²) in [5.74, 6) is -0.197. The number of esters is 1. The van der Waals surface area contributed by atoms with E-state index in [4.69, 9.17) is 9.47 Å². The number of carbonyl (C=O) groups excluding carboxylic acids is 2. The van der Waals surface area contributed by atoms with Crippen molar-refractivity contribution in [3.8, 4) is 11.5 Å². The molecular formula is C18H15NO5S. The quantitative estimate of drug-likeness (QED) is 0.353. The number of rotatable bonds is 5. The Bertz CT molecular complexity index is 868. The van der Waals surface area contributed by atoms with Crippen LogP contribution in [0.15, 0.2) is 46.4 Å². The van der Waals surface area contributed by atoms with Gasteiger partial charge >= 0.3 is 11.9 Å². The number of oxime groups is 1. The van der Waals surface area contributed by atoms with Crippen molar-refractivity contribution in [3.05, 3.63) is 51.7 Å². The van der Waals surface area contributed by atoms with Gasteiger partial charge in [0.05, 0.1) is 17.9 Å². The lowest BCUT2D eigenvalue weighted by Crippen LogP contribution is -2.08. The monoisotopic (exact) mass is 357 g/mol. The summed E-state index contributed by atoms with van der Waals surface area (Å²) in [6.07, 6.45) is 1.65. The zero-order valence-corrected chi connectivity index (χ0v) is 14.5. The van der Waals surface area contributed by atoms with Crippen LogP contribution in [0.2, 0.25) is 0 Å². The van der Waals surface area contributed by atoms with Crippen LogP contribution in [0.25, 0.3) is 6.08 Å². The van der Waals surface area contributed by atoms with Gasteiger partial charge < -0.3 is 14.3 Å². The molecule has 0 amide bonds. The molecule has 0 N–H and O–H groups in total. The first-order chi connectivity index (χ1) is 12.1. The second-order valence-corrected chi connectivity index (χ2v) is 6.07. The normalized spacial score (nSPS) is 15.0. The molecule has 7 heteroatoms. The molecule has 0 saturated carbocycles. The first-order valence-electron chi connectivity index (χ1n) is 7.59. The molecule has 0 fully saturated rings. The van der Waals surface area contributed by atoms with Crippen molar-refractivity contribution in [3.63, 3.8) is 0 Å². The van der Waals surface area contributed by atoms with Gasteiger partial charge in [-0.2, -0.15) is 0 Å². The van der Waals surface area contributed by atoms with Gasteiger partial charge in [0.15, 0.2) is 11.5 Å². The molecule has 0 atom stereocenters. The standard InChI is InChI=1S/C18H15NO5S/c1-3-22-15-10-12(9-13-11(2)19-24-17(13)20)6-7-14(15)23-18(21)16-5-4-8-25-16/h4-10H,3H2,1-2H3. The Morgan fingerprint density at radius 3 is 2.80 bits per heavy atom. The highest BCUT2D eigenvalue weighted by molar-refractivity contribution is 7.12. The second-order valence-electron chi connectivity index (χ2n) is 5.12. The maximum atomic E-state index is 12.1. The van der Waals surface area contributed by atoms with E-state index in [9.17, 15) is 9.59 Å². The van der Waals surface area contributed by atoms with Crippen LogP contribution in [0.4, 0.5) is 0 Å². The molecule has 1 aliphatic rings. The minimum absolute atomic E-state index is 0.321. The van der Waals surface area contributed by atoms with Crippen LogP contribution in [0.5, 0.6) is 11.5 Å². The number of benzene rings is 1. The first kappa shape index (κ1) is 16.9. The Balaban J connectivity index is 1.88. The summed E-state index contributed by atoms with van der Waals surface area (Å²) in [5, 5.41) is 5.44. The van der Waals surface area contributed by atoms with Gasteiger partial charge in [-0.15, -0.1) is 11.3 Å². The molecule has 1 aromatic carbocycles. The molecule has 0 unspecified atom stereocenters. The van der Waals surface area contributed by atoms with Crippen molar-refractivity contribution in [1.82, 2.24) is 0 Å². The lowest BCUT2D eigenvalue weighted by atomic mass is 10.1. The van der Waals surface area contributed by atoms with Crippen molar-refractivity contribution < 1.29 is 23.9 Å². The van der Waals surface area contributed by atoms with Gasteiger partial charge in [0.1, 0.15) is 4.88 Å². The van der Waals surface area contributed by atoms with Crippen LogP contribution in [0.1, 0.15) is 29.1 Å². The van der Waals surface area contributed by atoms with Crippen molar-refractivity contribution in [1.29, 1.82) is 0 Å². The van der Waals surface area contributed by atoms with Gasteiger partial charge in [0, 0.05) is 0 Å². The van der Waals surface area contributed by atoms with Gasteiger partial charge in [-0.25, -0.2) is 9.59 Å². The maximum absolute atomic E-state index is 12.1.